The van der Waals surface area contributed by atoms with Gasteiger partial charge in [-0.05, 0) is 35.4 Å². The van der Waals surface area contributed by atoms with Gasteiger partial charge in [-0.3, -0.25) is 0 Å². The van der Waals surface area contributed by atoms with Gasteiger partial charge in [-0.1, -0.05) is 36.4 Å². The van der Waals surface area contributed by atoms with Gasteiger partial charge in [-0.15, -0.1) is 0 Å². The quantitative estimate of drug-likeness (QED) is 0.540. The van der Waals surface area contributed by atoms with Gasteiger partial charge in [-0.2, -0.15) is 0 Å². The molecule has 0 aliphatic carbocycles. The Labute approximate surface area is 151 Å². The lowest BCUT2D eigenvalue weighted by molar-refractivity contribution is -0.0786. The summed E-state index contributed by atoms with van der Waals surface area (Å²) in [5, 5.41) is 0. The highest BCUT2D eigenvalue weighted by Gasteiger charge is 2.19. The first kappa shape index (κ1) is 16.8. The first-order valence-corrected chi connectivity index (χ1v) is 7.94. The van der Waals surface area contributed by atoms with E-state index in [1.165, 1.54) is 12.1 Å². The van der Waals surface area contributed by atoms with Crippen molar-refractivity contribution in [1.82, 2.24) is 9.97 Å². The van der Waals surface area contributed by atoms with Gasteiger partial charge in [0.2, 0.25) is 0 Å². The van der Waals surface area contributed by atoms with E-state index in [0.29, 0.717) is 5.56 Å². The van der Waals surface area contributed by atoms with Crippen LogP contribution in [0.3, 0.4) is 0 Å². The summed E-state index contributed by atoms with van der Waals surface area (Å²) in [6.45, 7) is 0. The predicted molar refractivity (Wildman–Crippen MR) is 93.4 cm³/mol. The van der Waals surface area contributed by atoms with Crippen molar-refractivity contribution in [3.8, 4) is 22.5 Å². The van der Waals surface area contributed by atoms with Crippen molar-refractivity contribution in [2.75, 3.05) is 0 Å². The van der Waals surface area contributed by atoms with Crippen LogP contribution in [0.1, 0.15) is 10.4 Å². The number of hydrogen-bond acceptors (Lipinski definition) is 3. The maximum atomic E-state index is 14.7. The van der Waals surface area contributed by atoms with Crippen molar-refractivity contribution >= 4 is 17.0 Å². The fourth-order valence-electron chi connectivity index (χ4n) is 2.92. The average Bonchev–Trinajstić information content (AvgIpc) is 3.10. The number of benzene rings is 3. The van der Waals surface area contributed by atoms with E-state index in [2.05, 4.69) is 14.9 Å². The van der Waals surface area contributed by atoms with Gasteiger partial charge >= 0.3 is 5.97 Å². The number of H-pyrrole nitrogens is 1. The zero-order valence-corrected chi connectivity index (χ0v) is 13.7. The number of aromatic amines is 1. The molecule has 0 atom stereocenters. The largest absolute Gasteiger partial charge is 0.381 e. The minimum absolute atomic E-state index is 0.0133. The predicted octanol–water partition coefficient (Wildman–Crippen LogP) is 5.22. The fraction of sp³-hybridized carbons (Fsp3) is 0. The minimum Gasteiger partial charge on any atom is -0.338 e. The van der Waals surface area contributed by atoms with Crippen LogP contribution in [0.4, 0.5) is 13.3 Å². The number of rotatable bonds is 3. The standard InChI is InChI=1S/C20H11F3N2O2/c21-13-9-15(20(26)27-23)18-17(10-13)24-19(25-18)14-7-6-12(8-16(14)22)11-4-2-1-3-5-11/h1-10H,(H,24,25). The van der Waals surface area contributed by atoms with Crippen molar-refractivity contribution in [1.29, 1.82) is 0 Å². The van der Waals surface area contributed by atoms with Crippen molar-refractivity contribution in [3.63, 3.8) is 0 Å². The minimum atomic E-state index is -1.38. The van der Waals surface area contributed by atoms with Gasteiger partial charge in [0.05, 0.1) is 16.6 Å². The monoisotopic (exact) mass is 368 g/mol. The number of halogens is 3. The summed E-state index contributed by atoms with van der Waals surface area (Å²) < 4.78 is 40.6. The summed E-state index contributed by atoms with van der Waals surface area (Å²) in [4.78, 5) is 21.5. The Morgan fingerprint density at radius 2 is 1.74 bits per heavy atom. The highest BCUT2D eigenvalue weighted by Crippen LogP contribution is 2.29. The molecule has 7 heteroatoms. The molecule has 0 saturated carbocycles. The summed E-state index contributed by atoms with van der Waals surface area (Å²) in [7, 11) is 0. The molecule has 0 saturated heterocycles. The molecule has 0 unspecified atom stereocenters. The van der Waals surface area contributed by atoms with E-state index < -0.39 is 23.2 Å². The molecule has 3 aromatic carbocycles. The van der Waals surface area contributed by atoms with Crippen LogP contribution in [0.5, 0.6) is 0 Å². The van der Waals surface area contributed by atoms with Crippen LogP contribution in [-0.2, 0) is 4.94 Å². The molecule has 0 aliphatic rings. The van der Waals surface area contributed by atoms with E-state index in [0.717, 1.165) is 17.7 Å². The maximum Gasteiger partial charge on any atom is 0.381 e. The molecule has 4 aromatic rings. The van der Waals surface area contributed by atoms with Crippen molar-refractivity contribution < 1.29 is 23.0 Å². The molecular weight excluding hydrogens is 357 g/mol. The Bertz CT molecular complexity index is 1160. The van der Waals surface area contributed by atoms with E-state index in [4.69, 9.17) is 0 Å². The summed E-state index contributed by atoms with van der Waals surface area (Å²) in [6.07, 6.45) is 0. The van der Waals surface area contributed by atoms with E-state index in [9.17, 15) is 18.1 Å². The maximum absolute atomic E-state index is 14.7. The van der Waals surface area contributed by atoms with Crippen LogP contribution >= 0.6 is 0 Å². The van der Waals surface area contributed by atoms with Crippen LogP contribution in [0.25, 0.3) is 33.5 Å². The number of fused-ring (bicyclic) bond motifs is 1. The zero-order chi connectivity index (χ0) is 19.0. The first-order chi connectivity index (χ1) is 13.1. The third kappa shape index (κ3) is 3.03. The molecular formula is C20H11F3N2O2. The average molecular weight is 368 g/mol. The van der Waals surface area contributed by atoms with Crippen LogP contribution in [0.2, 0.25) is 0 Å². The second-order valence-corrected chi connectivity index (χ2v) is 5.86. The smallest absolute Gasteiger partial charge is 0.338 e. The van der Waals surface area contributed by atoms with Gasteiger partial charge in [0.25, 0.3) is 0 Å². The van der Waals surface area contributed by atoms with E-state index >= 15 is 0 Å². The molecule has 4 nitrogen and oxygen atoms in total. The molecule has 1 aromatic heterocycles. The number of nitrogens with zero attached hydrogens (tertiary/aromatic N) is 1. The van der Waals surface area contributed by atoms with E-state index in [1.807, 2.05) is 30.3 Å². The van der Waals surface area contributed by atoms with Gasteiger partial charge in [-0.25, -0.2) is 23.5 Å². The number of carbonyl (C=O) groups excluding carboxylic acids is 1. The van der Waals surface area contributed by atoms with Crippen molar-refractivity contribution in [3.05, 3.63) is 77.9 Å². The van der Waals surface area contributed by atoms with Crippen LogP contribution < -0.4 is 0 Å². The van der Waals surface area contributed by atoms with E-state index in [1.54, 1.807) is 6.07 Å². The van der Waals surface area contributed by atoms with Gasteiger partial charge in [0, 0.05) is 4.53 Å². The second kappa shape index (κ2) is 6.60. The molecule has 0 radical (unpaired) electrons. The molecule has 0 bridgehead atoms. The Morgan fingerprint density at radius 1 is 0.963 bits per heavy atom. The molecule has 0 fully saturated rings. The highest BCUT2D eigenvalue weighted by atomic mass is 19.3. The van der Waals surface area contributed by atoms with Crippen molar-refractivity contribution in [2.45, 2.75) is 0 Å². The molecule has 0 spiro atoms. The lowest BCUT2D eigenvalue weighted by Gasteiger charge is -2.04. The molecule has 134 valence electrons. The number of nitrogens with one attached hydrogen (secondary N) is 1. The molecule has 27 heavy (non-hydrogen) atoms. The molecule has 1 N–H and O–H groups in total. The zero-order valence-electron chi connectivity index (χ0n) is 13.7. The van der Waals surface area contributed by atoms with Crippen LogP contribution in [-0.4, -0.2) is 15.9 Å². The Balaban J connectivity index is 1.82. The third-order valence-electron chi connectivity index (χ3n) is 4.17. The summed E-state index contributed by atoms with van der Waals surface area (Å²) in [5.74, 6) is -2.62. The number of hydrogen-bond donors (Lipinski definition) is 1. The van der Waals surface area contributed by atoms with Gasteiger partial charge < -0.3 is 4.98 Å². The lowest BCUT2D eigenvalue weighted by atomic mass is 10.0. The topological polar surface area (TPSA) is 55.0 Å². The first-order valence-electron chi connectivity index (χ1n) is 7.94. The lowest BCUT2D eigenvalue weighted by Crippen LogP contribution is -2.00. The normalized spacial score (nSPS) is 10.9. The molecule has 0 amide bonds. The fourth-order valence-corrected chi connectivity index (χ4v) is 2.92. The highest BCUT2D eigenvalue weighted by molar-refractivity contribution is 6.02. The molecule has 1 heterocycles. The SMILES string of the molecule is O=C(OF)c1cc(F)cc2[nH]c(-c3ccc(-c4ccccc4)cc3F)nc12. The van der Waals surface area contributed by atoms with Gasteiger partial charge in [0.1, 0.15) is 23.0 Å². The Kier molecular flexibility index (Phi) is 4.12. The summed E-state index contributed by atoms with van der Waals surface area (Å²) in [5.41, 5.74) is 1.38. The summed E-state index contributed by atoms with van der Waals surface area (Å²) >= 11 is 0. The molecule has 0 aliphatic heterocycles. The van der Waals surface area contributed by atoms with E-state index in [-0.39, 0.29) is 22.4 Å². The third-order valence-corrected chi connectivity index (χ3v) is 4.17. The Hall–Kier alpha value is -3.61. The van der Waals surface area contributed by atoms with Crippen LogP contribution in [0, 0.1) is 11.6 Å². The van der Waals surface area contributed by atoms with Gasteiger partial charge in [0.15, 0.2) is 0 Å². The summed E-state index contributed by atoms with van der Waals surface area (Å²) in [6, 6.07) is 15.8. The van der Waals surface area contributed by atoms with Crippen LogP contribution in [0.15, 0.2) is 60.7 Å². The number of imidazole rings is 1. The second-order valence-electron chi connectivity index (χ2n) is 5.86. The molecule has 4 rings (SSSR count). The van der Waals surface area contributed by atoms with Crippen molar-refractivity contribution in [2.24, 2.45) is 0 Å². The number of aromatic nitrogens is 2. The Morgan fingerprint density at radius 3 is 2.44 bits per heavy atom. The number of carbonyl (C=O) groups is 1.